The highest BCUT2D eigenvalue weighted by molar-refractivity contribution is 9.10. The van der Waals surface area contributed by atoms with E-state index in [4.69, 9.17) is 0 Å². The van der Waals surface area contributed by atoms with Gasteiger partial charge in [0.05, 0.1) is 5.25 Å². The van der Waals surface area contributed by atoms with Gasteiger partial charge in [0.15, 0.2) is 16.8 Å². The predicted molar refractivity (Wildman–Crippen MR) is 105 cm³/mol. The first-order valence-electron chi connectivity index (χ1n) is 7.88. The Morgan fingerprint density at radius 3 is 2.36 bits per heavy atom. The number of aryl methyl sites for hydroxylation is 1. The number of hydrogen-bond acceptors (Lipinski definition) is 4. The molecule has 25 heavy (non-hydrogen) atoms. The van der Waals surface area contributed by atoms with Gasteiger partial charge in [0.25, 0.3) is 0 Å². The van der Waals surface area contributed by atoms with Crippen LogP contribution in [-0.4, -0.2) is 25.8 Å². The molecule has 0 amide bonds. The number of thioether (sulfide) groups is 1. The van der Waals surface area contributed by atoms with Crippen LogP contribution in [0.15, 0.2) is 58.2 Å². The molecule has 0 aliphatic rings. The molecule has 1 unspecified atom stereocenters. The van der Waals surface area contributed by atoms with Gasteiger partial charge in [-0.15, -0.1) is 10.2 Å². The fourth-order valence-corrected chi connectivity index (χ4v) is 3.59. The highest BCUT2D eigenvalue weighted by Crippen LogP contribution is 2.27. The van der Waals surface area contributed by atoms with Gasteiger partial charge < -0.3 is 4.57 Å². The fraction of sp³-hybridized carbons (Fsp3) is 0.211. The van der Waals surface area contributed by atoms with Gasteiger partial charge in [-0.05, 0) is 26.0 Å². The van der Waals surface area contributed by atoms with Gasteiger partial charge >= 0.3 is 0 Å². The van der Waals surface area contributed by atoms with Crippen molar-refractivity contribution >= 4 is 33.5 Å². The number of nitrogens with zero attached hydrogens (tertiary/aromatic N) is 3. The van der Waals surface area contributed by atoms with Crippen molar-refractivity contribution in [3.63, 3.8) is 0 Å². The third-order valence-corrected chi connectivity index (χ3v) is 5.59. The number of ketones is 1. The van der Waals surface area contributed by atoms with E-state index in [0.717, 1.165) is 21.0 Å². The van der Waals surface area contributed by atoms with E-state index in [1.54, 1.807) is 0 Å². The molecule has 0 saturated carbocycles. The molecule has 0 radical (unpaired) electrons. The molecule has 3 aromatic rings. The molecule has 1 aromatic heterocycles. The molecule has 6 heteroatoms. The Labute approximate surface area is 159 Å². The lowest BCUT2D eigenvalue weighted by molar-refractivity contribution is 0.0994. The number of aromatic nitrogens is 3. The lowest BCUT2D eigenvalue weighted by atomic mass is 10.1. The van der Waals surface area contributed by atoms with Crippen molar-refractivity contribution in [2.24, 2.45) is 7.05 Å². The predicted octanol–water partition coefficient (Wildman–Crippen LogP) is 4.92. The maximum absolute atomic E-state index is 12.6. The van der Waals surface area contributed by atoms with Crippen molar-refractivity contribution in [1.82, 2.24) is 14.8 Å². The van der Waals surface area contributed by atoms with Crippen LogP contribution in [-0.2, 0) is 7.05 Å². The fourth-order valence-electron chi connectivity index (χ4n) is 2.43. The number of rotatable bonds is 5. The second-order valence-corrected chi connectivity index (χ2v) is 8.09. The van der Waals surface area contributed by atoms with Crippen molar-refractivity contribution < 1.29 is 4.79 Å². The van der Waals surface area contributed by atoms with Crippen LogP contribution in [0.5, 0.6) is 0 Å². The molecule has 128 valence electrons. The molecule has 3 rings (SSSR count). The maximum atomic E-state index is 12.6. The van der Waals surface area contributed by atoms with Crippen molar-refractivity contribution in [3.8, 4) is 11.4 Å². The highest BCUT2D eigenvalue weighted by Gasteiger charge is 2.20. The summed E-state index contributed by atoms with van der Waals surface area (Å²) in [7, 11) is 1.92. The zero-order valence-electron chi connectivity index (χ0n) is 14.2. The van der Waals surface area contributed by atoms with E-state index in [9.17, 15) is 4.79 Å². The second kappa shape index (κ2) is 7.54. The van der Waals surface area contributed by atoms with Crippen LogP contribution < -0.4 is 0 Å². The van der Waals surface area contributed by atoms with E-state index in [1.165, 1.54) is 17.3 Å². The normalized spacial score (nSPS) is 12.2. The number of halogens is 1. The van der Waals surface area contributed by atoms with Crippen LogP contribution >= 0.6 is 27.7 Å². The molecule has 4 nitrogen and oxygen atoms in total. The van der Waals surface area contributed by atoms with Gasteiger partial charge in [-0.2, -0.15) is 0 Å². The molecule has 0 aliphatic heterocycles. The van der Waals surface area contributed by atoms with Crippen LogP contribution in [0.3, 0.4) is 0 Å². The third kappa shape index (κ3) is 4.02. The summed E-state index contributed by atoms with van der Waals surface area (Å²) in [6.45, 7) is 3.95. The van der Waals surface area contributed by atoms with Crippen LogP contribution in [0.4, 0.5) is 0 Å². The van der Waals surface area contributed by atoms with E-state index in [0.29, 0.717) is 5.56 Å². The standard InChI is InChI=1S/C19H18BrN3OS/c1-12-4-6-15(7-5-12)18-21-22-19(23(18)3)25-13(2)17(24)14-8-10-16(20)11-9-14/h4-11,13H,1-3H3. The lowest BCUT2D eigenvalue weighted by Crippen LogP contribution is -2.14. The van der Waals surface area contributed by atoms with Crippen LogP contribution in [0, 0.1) is 6.92 Å². The maximum Gasteiger partial charge on any atom is 0.191 e. The smallest absolute Gasteiger partial charge is 0.191 e. The summed E-state index contributed by atoms with van der Waals surface area (Å²) < 4.78 is 2.89. The lowest BCUT2D eigenvalue weighted by Gasteiger charge is -2.10. The Bertz CT molecular complexity index is 888. The summed E-state index contributed by atoms with van der Waals surface area (Å²) in [5.74, 6) is 0.878. The Kier molecular flexibility index (Phi) is 5.39. The van der Waals surface area contributed by atoms with Crippen LogP contribution in [0.25, 0.3) is 11.4 Å². The van der Waals surface area contributed by atoms with Crippen molar-refractivity contribution in [2.45, 2.75) is 24.3 Å². The largest absolute Gasteiger partial charge is 0.305 e. The quantitative estimate of drug-likeness (QED) is 0.438. The van der Waals surface area contributed by atoms with Crippen LogP contribution in [0.2, 0.25) is 0 Å². The Balaban J connectivity index is 1.78. The van der Waals surface area contributed by atoms with E-state index in [-0.39, 0.29) is 11.0 Å². The van der Waals surface area contributed by atoms with Crippen LogP contribution in [0.1, 0.15) is 22.8 Å². The van der Waals surface area contributed by atoms with E-state index >= 15 is 0 Å². The average Bonchev–Trinajstić information content (AvgIpc) is 2.96. The zero-order valence-corrected chi connectivity index (χ0v) is 16.6. The van der Waals surface area contributed by atoms with E-state index in [2.05, 4.69) is 45.2 Å². The second-order valence-electron chi connectivity index (χ2n) is 5.86. The first-order chi connectivity index (χ1) is 12.0. The molecular formula is C19H18BrN3OS. The SMILES string of the molecule is Cc1ccc(-c2nnc(SC(C)C(=O)c3ccc(Br)cc3)n2C)cc1. The topological polar surface area (TPSA) is 47.8 Å². The summed E-state index contributed by atoms with van der Waals surface area (Å²) in [5, 5.41) is 9.04. The van der Waals surface area contributed by atoms with Crippen molar-refractivity contribution in [3.05, 3.63) is 64.1 Å². The Morgan fingerprint density at radius 2 is 1.72 bits per heavy atom. The summed E-state index contributed by atoms with van der Waals surface area (Å²) in [5.41, 5.74) is 2.91. The van der Waals surface area contributed by atoms with E-state index in [1.807, 2.05) is 54.9 Å². The van der Waals surface area contributed by atoms with Gasteiger partial charge in [-0.3, -0.25) is 4.79 Å². The number of Topliss-reactive ketones (excluding diaryl/α,β-unsaturated/α-hetero) is 1. The van der Waals surface area contributed by atoms with Gasteiger partial charge in [0.1, 0.15) is 0 Å². The summed E-state index contributed by atoms with van der Waals surface area (Å²) in [4.78, 5) is 12.6. The number of benzene rings is 2. The molecule has 0 saturated heterocycles. The molecule has 2 aromatic carbocycles. The third-order valence-electron chi connectivity index (χ3n) is 3.92. The van der Waals surface area contributed by atoms with Gasteiger partial charge in [0, 0.05) is 22.6 Å². The highest BCUT2D eigenvalue weighted by atomic mass is 79.9. The number of carbonyl (C=O) groups excluding carboxylic acids is 1. The van der Waals surface area contributed by atoms with Gasteiger partial charge in [-0.25, -0.2) is 0 Å². The van der Waals surface area contributed by atoms with Gasteiger partial charge in [-0.1, -0.05) is 69.7 Å². The molecule has 1 heterocycles. The minimum Gasteiger partial charge on any atom is -0.305 e. The van der Waals surface area contributed by atoms with E-state index < -0.39 is 0 Å². The molecule has 0 aliphatic carbocycles. The molecule has 0 fully saturated rings. The Hall–Kier alpha value is -1.92. The molecule has 1 atom stereocenters. The summed E-state index contributed by atoms with van der Waals surface area (Å²) in [6, 6.07) is 15.6. The first kappa shape index (κ1) is 17.9. The molecular weight excluding hydrogens is 398 g/mol. The number of hydrogen-bond donors (Lipinski definition) is 0. The van der Waals surface area contributed by atoms with Crippen molar-refractivity contribution in [2.75, 3.05) is 0 Å². The first-order valence-corrected chi connectivity index (χ1v) is 9.56. The number of carbonyl (C=O) groups is 1. The van der Waals surface area contributed by atoms with Crippen molar-refractivity contribution in [1.29, 1.82) is 0 Å². The monoisotopic (exact) mass is 415 g/mol. The molecule has 0 bridgehead atoms. The van der Waals surface area contributed by atoms with Gasteiger partial charge in [0.2, 0.25) is 0 Å². The Morgan fingerprint density at radius 1 is 1.08 bits per heavy atom. The molecule has 0 N–H and O–H groups in total. The summed E-state index contributed by atoms with van der Waals surface area (Å²) in [6.07, 6.45) is 0. The minimum absolute atomic E-state index is 0.0809. The zero-order chi connectivity index (χ0) is 18.0. The molecule has 0 spiro atoms. The minimum atomic E-state index is -0.241. The average molecular weight is 416 g/mol. The summed E-state index contributed by atoms with van der Waals surface area (Å²) >= 11 is 4.81.